The first kappa shape index (κ1) is 12.6. The van der Waals surface area contributed by atoms with E-state index in [2.05, 4.69) is 4.98 Å². The van der Waals surface area contributed by atoms with Crippen LogP contribution in [0.25, 0.3) is 22.6 Å². The number of aromatic nitrogens is 1. The highest BCUT2D eigenvalue weighted by Gasteiger charge is 2.10. The standard InChI is InChI=1S/C16H10ClNO2/c17-12-7-5-11(6-8-12)13-3-1-2-4-14(13)16-18-15(19)9-10-20-16/h1-10H. The number of rotatable bonds is 2. The monoisotopic (exact) mass is 283 g/mol. The molecule has 3 nitrogen and oxygen atoms in total. The van der Waals surface area contributed by atoms with Crippen LogP contribution in [0.5, 0.6) is 0 Å². The number of hydrogen-bond donors (Lipinski definition) is 0. The average molecular weight is 284 g/mol. The van der Waals surface area contributed by atoms with Gasteiger partial charge in [0.2, 0.25) is 5.89 Å². The van der Waals surface area contributed by atoms with Gasteiger partial charge in [-0.2, -0.15) is 4.98 Å². The zero-order valence-corrected chi connectivity index (χ0v) is 11.2. The molecule has 0 N–H and O–H groups in total. The fraction of sp³-hybridized carbons (Fsp3) is 0. The summed E-state index contributed by atoms with van der Waals surface area (Å²) in [5, 5.41) is 0.676. The Bertz CT molecular complexity index is 794. The van der Waals surface area contributed by atoms with Gasteiger partial charge in [-0.3, -0.25) is 4.79 Å². The lowest BCUT2D eigenvalue weighted by molar-refractivity contribution is 0.542. The Labute approximate surface area is 120 Å². The third kappa shape index (κ3) is 2.49. The van der Waals surface area contributed by atoms with E-state index in [1.807, 2.05) is 48.5 Å². The smallest absolute Gasteiger partial charge is 0.276 e. The van der Waals surface area contributed by atoms with Crippen LogP contribution in [0.4, 0.5) is 0 Å². The van der Waals surface area contributed by atoms with E-state index in [-0.39, 0.29) is 5.56 Å². The zero-order valence-electron chi connectivity index (χ0n) is 10.4. The molecule has 0 unspecified atom stereocenters. The van der Waals surface area contributed by atoms with Gasteiger partial charge in [0.25, 0.3) is 5.56 Å². The number of benzene rings is 2. The summed E-state index contributed by atoms with van der Waals surface area (Å²) < 4.78 is 5.34. The van der Waals surface area contributed by atoms with Crippen LogP contribution in [0.3, 0.4) is 0 Å². The van der Waals surface area contributed by atoms with Crippen LogP contribution in [0.2, 0.25) is 5.02 Å². The molecule has 0 atom stereocenters. The number of hydrogen-bond acceptors (Lipinski definition) is 3. The maximum Gasteiger partial charge on any atom is 0.276 e. The van der Waals surface area contributed by atoms with Crippen molar-refractivity contribution in [3.8, 4) is 22.6 Å². The predicted molar refractivity (Wildman–Crippen MR) is 78.7 cm³/mol. The summed E-state index contributed by atoms with van der Waals surface area (Å²) in [6.07, 6.45) is 1.35. The normalized spacial score (nSPS) is 10.4. The molecule has 0 aliphatic heterocycles. The molecule has 0 fully saturated rings. The third-order valence-corrected chi connectivity index (χ3v) is 3.17. The lowest BCUT2D eigenvalue weighted by Gasteiger charge is -2.07. The number of nitrogens with zero attached hydrogens (tertiary/aromatic N) is 1. The fourth-order valence-corrected chi connectivity index (χ4v) is 2.12. The van der Waals surface area contributed by atoms with Crippen molar-refractivity contribution < 1.29 is 4.42 Å². The van der Waals surface area contributed by atoms with Crippen LogP contribution >= 0.6 is 11.6 Å². The van der Waals surface area contributed by atoms with Crippen LogP contribution in [0, 0.1) is 0 Å². The minimum absolute atomic E-state index is 0.308. The highest BCUT2D eigenvalue weighted by molar-refractivity contribution is 6.30. The van der Waals surface area contributed by atoms with Gasteiger partial charge in [-0.15, -0.1) is 0 Å². The predicted octanol–water partition coefficient (Wildman–Crippen LogP) is 4.02. The molecule has 0 bridgehead atoms. The van der Waals surface area contributed by atoms with Crippen LogP contribution in [-0.4, -0.2) is 4.98 Å². The summed E-state index contributed by atoms with van der Waals surface area (Å²) >= 11 is 5.90. The van der Waals surface area contributed by atoms with Gasteiger partial charge in [-0.25, -0.2) is 0 Å². The Morgan fingerprint density at radius 2 is 1.60 bits per heavy atom. The van der Waals surface area contributed by atoms with Gasteiger partial charge in [0.15, 0.2) is 0 Å². The second kappa shape index (κ2) is 5.31. The Balaban J connectivity index is 2.18. The van der Waals surface area contributed by atoms with Crippen molar-refractivity contribution in [2.75, 3.05) is 0 Å². The Hall–Kier alpha value is -2.39. The molecule has 0 aliphatic rings. The molecule has 20 heavy (non-hydrogen) atoms. The molecule has 2 aromatic carbocycles. The quantitative estimate of drug-likeness (QED) is 0.713. The van der Waals surface area contributed by atoms with Crippen molar-refractivity contribution in [1.82, 2.24) is 4.98 Å². The van der Waals surface area contributed by atoms with E-state index in [0.717, 1.165) is 16.7 Å². The van der Waals surface area contributed by atoms with Crippen molar-refractivity contribution in [1.29, 1.82) is 0 Å². The van der Waals surface area contributed by atoms with Crippen molar-refractivity contribution >= 4 is 11.6 Å². The van der Waals surface area contributed by atoms with E-state index in [1.54, 1.807) is 0 Å². The highest BCUT2D eigenvalue weighted by Crippen LogP contribution is 2.30. The average Bonchev–Trinajstić information content (AvgIpc) is 2.48. The Morgan fingerprint density at radius 3 is 2.30 bits per heavy atom. The lowest BCUT2D eigenvalue weighted by atomic mass is 10.00. The van der Waals surface area contributed by atoms with Gasteiger partial charge in [0, 0.05) is 16.7 Å². The van der Waals surface area contributed by atoms with Crippen LogP contribution in [0.15, 0.2) is 70.1 Å². The molecule has 0 saturated carbocycles. The zero-order chi connectivity index (χ0) is 13.9. The molecule has 0 radical (unpaired) electrons. The summed E-state index contributed by atoms with van der Waals surface area (Å²) in [4.78, 5) is 15.3. The largest absolute Gasteiger partial charge is 0.446 e. The van der Waals surface area contributed by atoms with E-state index in [4.69, 9.17) is 16.0 Å². The maximum absolute atomic E-state index is 11.4. The lowest BCUT2D eigenvalue weighted by Crippen LogP contribution is -2.03. The maximum atomic E-state index is 11.4. The van der Waals surface area contributed by atoms with Crippen LogP contribution in [-0.2, 0) is 0 Å². The molecule has 4 heteroatoms. The van der Waals surface area contributed by atoms with Gasteiger partial charge >= 0.3 is 0 Å². The molecule has 3 rings (SSSR count). The molecular weight excluding hydrogens is 274 g/mol. The minimum Gasteiger partial charge on any atom is -0.446 e. The summed E-state index contributed by atoms with van der Waals surface area (Å²) in [7, 11) is 0. The van der Waals surface area contributed by atoms with Crippen molar-refractivity contribution in [2.24, 2.45) is 0 Å². The molecule has 0 spiro atoms. The molecule has 0 saturated heterocycles. The number of halogens is 1. The second-order valence-corrected chi connectivity index (χ2v) is 4.66. The summed E-state index contributed by atoms with van der Waals surface area (Å²) in [6, 6.07) is 16.4. The molecule has 3 aromatic rings. The molecule has 0 aliphatic carbocycles. The van der Waals surface area contributed by atoms with E-state index in [0.29, 0.717) is 10.9 Å². The van der Waals surface area contributed by atoms with Gasteiger partial charge in [0.05, 0.1) is 6.26 Å². The van der Waals surface area contributed by atoms with Gasteiger partial charge < -0.3 is 4.42 Å². The first-order valence-corrected chi connectivity index (χ1v) is 6.43. The molecule has 98 valence electrons. The van der Waals surface area contributed by atoms with Gasteiger partial charge in [0.1, 0.15) is 0 Å². The van der Waals surface area contributed by atoms with Crippen LogP contribution in [0.1, 0.15) is 0 Å². The highest BCUT2D eigenvalue weighted by atomic mass is 35.5. The van der Waals surface area contributed by atoms with Crippen molar-refractivity contribution in [3.63, 3.8) is 0 Å². The molecule has 0 amide bonds. The van der Waals surface area contributed by atoms with Crippen molar-refractivity contribution in [3.05, 3.63) is 76.2 Å². The Kier molecular flexibility index (Phi) is 3.35. The summed E-state index contributed by atoms with van der Waals surface area (Å²) in [5.41, 5.74) is 2.37. The second-order valence-electron chi connectivity index (χ2n) is 4.23. The molecular formula is C16H10ClNO2. The SMILES string of the molecule is O=c1ccoc(-c2ccccc2-c2ccc(Cl)cc2)n1. The summed E-state index contributed by atoms with van der Waals surface area (Å²) in [5.74, 6) is 0.308. The van der Waals surface area contributed by atoms with Crippen molar-refractivity contribution in [2.45, 2.75) is 0 Å². The molecule has 1 heterocycles. The van der Waals surface area contributed by atoms with Gasteiger partial charge in [-0.05, 0) is 29.3 Å². The first-order valence-electron chi connectivity index (χ1n) is 6.05. The van der Waals surface area contributed by atoms with E-state index in [9.17, 15) is 4.79 Å². The van der Waals surface area contributed by atoms with E-state index >= 15 is 0 Å². The Morgan fingerprint density at radius 1 is 0.900 bits per heavy atom. The fourth-order valence-electron chi connectivity index (χ4n) is 1.99. The topological polar surface area (TPSA) is 43.1 Å². The van der Waals surface area contributed by atoms with E-state index in [1.165, 1.54) is 12.3 Å². The van der Waals surface area contributed by atoms with Crippen LogP contribution < -0.4 is 5.56 Å². The first-order chi connectivity index (χ1) is 9.74. The van der Waals surface area contributed by atoms with Gasteiger partial charge in [-0.1, -0.05) is 41.9 Å². The van der Waals surface area contributed by atoms with E-state index < -0.39 is 0 Å². The summed E-state index contributed by atoms with van der Waals surface area (Å²) in [6.45, 7) is 0. The minimum atomic E-state index is -0.322. The molecule has 1 aromatic heterocycles. The third-order valence-electron chi connectivity index (χ3n) is 2.91.